The number of benzene rings is 10. The van der Waals surface area contributed by atoms with Crippen molar-refractivity contribution in [3.8, 4) is 23.0 Å². The van der Waals surface area contributed by atoms with Crippen LogP contribution in [0.25, 0.3) is 43.1 Å². The summed E-state index contributed by atoms with van der Waals surface area (Å²) in [6.45, 7) is 6.98. The summed E-state index contributed by atoms with van der Waals surface area (Å²) in [7, 11) is 0. The molecule has 33 nitrogen and oxygen atoms in total. The Kier molecular flexibility index (Phi) is 24.3. The number of hydrogen-bond acceptors (Lipinski definition) is 28. The van der Waals surface area contributed by atoms with Gasteiger partial charge in [-0.05, 0) is 134 Å². The number of nitrogens with zero attached hydrogens (tertiary/aromatic N) is 14. The number of pyridine rings is 2. The van der Waals surface area contributed by atoms with Crippen LogP contribution in [0.4, 0.5) is 68.2 Å². The van der Waals surface area contributed by atoms with Crippen LogP contribution >= 0.6 is 11.5 Å². The molecule has 12 N–H and O–H groups in total. The first kappa shape index (κ1) is 79.3. The molecular weight excluding hydrogens is 1530 g/mol. The molecule has 0 unspecified atom stereocenters. The number of phenolic OH excluding ortho intramolecular Hbond substituents is 4. The summed E-state index contributed by atoms with van der Waals surface area (Å²) < 4.78 is 18.9. The number of aromatic nitrogens is 6. The van der Waals surface area contributed by atoms with E-state index in [1.54, 1.807) is 191 Å². The van der Waals surface area contributed by atoms with Crippen LogP contribution in [0.15, 0.2) is 298 Å². The smallest absolute Gasteiger partial charge is 0.272 e. The van der Waals surface area contributed by atoms with Gasteiger partial charge >= 0.3 is 0 Å². The summed E-state index contributed by atoms with van der Waals surface area (Å²) in [5.74, 6) is -2.93. The highest BCUT2D eigenvalue weighted by atomic mass is 32.1. The SMILES string of the molecule is Cc1cc(N=Nc2c(O)c(C(=O)Nc3ccccc3C(N)=O)cc3ccccc23)no1.Cc1noc(N=Nc2c(O)c(C(=O)Nc3ccccn3)cc3ccccc23)c1C.Cc1nsc(N=Nc2c(O)c(C(=O)Nc3ccccc3)cc3ccccc23)c1C(N)=O.O=C(Nc1ccccn1)c1cc2ccccc2c(N=Nc2cnoc2)c1O. The maximum Gasteiger partial charge on any atom is 0.272 e. The molecule has 6 aromatic heterocycles. The highest BCUT2D eigenvalue weighted by molar-refractivity contribution is 7.10. The fraction of sp³-hybridized carbons (Fsp3) is 0.0476. The average molecular weight is 1590 g/mol. The lowest BCUT2D eigenvalue weighted by molar-refractivity contribution is 0.0991. The van der Waals surface area contributed by atoms with Crippen molar-refractivity contribution in [3.63, 3.8) is 0 Å². The minimum Gasteiger partial charge on any atom is -0.505 e. The molecule has 0 radical (unpaired) electrons. The van der Waals surface area contributed by atoms with Crippen LogP contribution in [0.1, 0.15) is 84.9 Å². The number of anilines is 4. The Bertz CT molecular complexity index is 6620. The van der Waals surface area contributed by atoms with Gasteiger partial charge in [-0.2, -0.15) is 4.37 Å². The van der Waals surface area contributed by atoms with Crippen molar-refractivity contribution < 1.29 is 62.8 Å². The molecule has 6 amide bonds. The molecule has 0 bridgehead atoms. The number of aromatic hydroxyl groups is 4. The van der Waals surface area contributed by atoms with E-state index in [1.807, 2.05) is 55.5 Å². The number of hydrogen-bond donors (Lipinski definition) is 10. The minimum absolute atomic E-state index is 0.0387. The Morgan fingerprint density at radius 3 is 1.30 bits per heavy atom. The van der Waals surface area contributed by atoms with Gasteiger partial charge in [0, 0.05) is 51.3 Å². The van der Waals surface area contributed by atoms with E-state index in [0.717, 1.165) is 27.9 Å². The van der Waals surface area contributed by atoms with Crippen LogP contribution < -0.4 is 32.7 Å². The quantitative estimate of drug-likeness (QED) is 0.0357. The molecule has 10 aromatic carbocycles. The number of nitrogens with one attached hydrogen (secondary N) is 4. The predicted molar refractivity (Wildman–Crippen MR) is 440 cm³/mol. The number of aryl methyl sites for hydroxylation is 3. The molecular formula is C84H64N20O13S. The normalized spacial score (nSPS) is 11.2. The van der Waals surface area contributed by atoms with E-state index < -0.39 is 35.4 Å². The van der Waals surface area contributed by atoms with Gasteiger partial charge < -0.3 is 66.7 Å². The lowest BCUT2D eigenvalue weighted by Crippen LogP contribution is -2.18. The standard InChI is InChI=1S/C22H17N5O4.C22H17N5O3S.C21H17N5O3.C19H13N5O3/c1-12-10-18(27-31-12)25-26-19-14-7-3-2-6-13(14)11-16(20(19)28)22(30)24-17-9-5-4-8-15(17)21(23)29;1-12-17(20(23)29)22(31-27-12)26-25-18-15-10-6-5-7-13(15)11-16(19(18)28)21(30)24-14-8-3-2-4-9-14;1-12-13(2)26-29-21(12)25-24-18-15-8-4-3-7-14(15)11-16(19(18)27)20(28)23-17-9-5-6-10-22-17;25-18-15(19(26)22-16-7-3-4-8-20-16)9-12-5-1-2-6-14(12)17(18)24-23-13-10-21-27-11-13/h2*2-11,28H,1H3,(H2,23,29)(H,24,30);3-11,27H,1-2H3,(H,22,23,28);1-11,25H,(H,20,22,26). The first-order valence-corrected chi connectivity index (χ1v) is 36.1. The third-order valence-electron chi connectivity index (χ3n) is 17.5. The van der Waals surface area contributed by atoms with E-state index in [4.69, 9.17) is 25.0 Å². The highest BCUT2D eigenvalue weighted by Crippen LogP contribution is 2.45. The van der Waals surface area contributed by atoms with Gasteiger partial charge in [-0.25, -0.2) is 9.97 Å². The van der Waals surface area contributed by atoms with Gasteiger partial charge in [0.15, 0.2) is 34.3 Å². The largest absolute Gasteiger partial charge is 0.505 e. The second-order valence-electron chi connectivity index (χ2n) is 25.4. The zero-order valence-corrected chi connectivity index (χ0v) is 63.2. The average Bonchev–Trinajstić information content (AvgIpc) is 0.964. The summed E-state index contributed by atoms with van der Waals surface area (Å²) in [4.78, 5) is 82.7. The molecule has 0 aliphatic rings. The number of amides is 6. The van der Waals surface area contributed by atoms with E-state index in [9.17, 15) is 49.2 Å². The molecule has 0 atom stereocenters. The highest BCUT2D eigenvalue weighted by Gasteiger charge is 2.25. The molecule has 0 fully saturated rings. The Morgan fingerprint density at radius 1 is 0.415 bits per heavy atom. The van der Waals surface area contributed by atoms with Gasteiger partial charge in [0.05, 0.1) is 51.1 Å². The van der Waals surface area contributed by atoms with Gasteiger partial charge in [-0.1, -0.05) is 155 Å². The summed E-state index contributed by atoms with van der Waals surface area (Å²) in [6.07, 6.45) is 5.84. The first-order valence-electron chi connectivity index (χ1n) is 35.3. The minimum atomic E-state index is -0.684. The molecule has 0 saturated carbocycles. The lowest BCUT2D eigenvalue weighted by Gasteiger charge is -2.12. The molecule has 118 heavy (non-hydrogen) atoms. The number of carbonyl (C=O) groups is 6. The van der Waals surface area contributed by atoms with Crippen molar-refractivity contribution in [1.82, 2.24) is 29.8 Å². The van der Waals surface area contributed by atoms with Gasteiger partial charge in [0.2, 0.25) is 5.82 Å². The van der Waals surface area contributed by atoms with Crippen molar-refractivity contribution in [3.05, 3.63) is 299 Å². The Labute approximate surface area is 671 Å². The number of azo groups is 4. The fourth-order valence-corrected chi connectivity index (χ4v) is 12.3. The molecule has 584 valence electrons. The van der Waals surface area contributed by atoms with Crippen molar-refractivity contribution >= 4 is 158 Å². The molecule has 0 saturated heterocycles. The Balaban J connectivity index is 0.000000137. The van der Waals surface area contributed by atoms with Crippen LogP contribution in [0.3, 0.4) is 0 Å². The van der Waals surface area contributed by atoms with Crippen LogP contribution in [0.5, 0.6) is 23.0 Å². The van der Waals surface area contributed by atoms with E-state index in [2.05, 4.69) is 92.0 Å². The number of primary amides is 2. The van der Waals surface area contributed by atoms with Gasteiger partial charge in [0.1, 0.15) is 51.4 Å². The van der Waals surface area contributed by atoms with Crippen LogP contribution in [-0.2, 0) is 0 Å². The van der Waals surface area contributed by atoms with E-state index in [-0.39, 0.29) is 102 Å². The second-order valence-corrected chi connectivity index (χ2v) is 26.1. The van der Waals surface area contributed by atoms with Crippen LogP contribution in [-0.4, -0.2) is 85.7 Å². The number of carbonyl (C=O) groups excluding carboxylic acids is 6. The molecule has 16 aromatic rings. The zero-order valence-electron chi connectivity index (χ0n) is 62.4. The van der Waals surface area contributed by atoms with Crippen molar-refractivity contribution in [1.29, 1.82) is 0 Å². The molecule has 34 heteroatoms. The Morgan fingerprint density at radius 2 is 0.856 bits per heavy atom. The molecule has 6 heterocycles. The van der Waals surface area contributed by atoms with E-state index >= 15 is 0 Å². The number of para-hydroxylation sites is 2. The monoisotopic (exact) mass is 1590 g/mol. The number of rotatable bonds is 18. The van der Waals surface area contributed by atoms with Crippen molar-refractivity contribution in [2.75, 3.05) is 21.3 Å². The molecule has 16 rings (SSSR count). The maximum atomic E-state index is 13.0. The molecule has 0 aliphatic heterocycles. The first-order chi connectivity index (χ1) is 57.2. The van der Waals surface area contributed by atoms with E-state index in [0.29, 0.717) is 72.5 Å². The van der Waals surface area contributed by atoms with Crippen molar-refractivity contribution in [2.45, 2.75) is 27.7 Å². The Hall–Kier alpha value is -16.8. The van der Waals surface area contributed by atoms with Gasteiger partial charge in [0.25, 0.3) is 41.3 Å². The summed E-state index contributed by atoms with van der Waals surface area (Å²) in [5.41, 5.74) is 14.9. The third kappa shape index (κ3) is 18.4. The zero-order chi connectivity index (χ0) is 82.9. The van der Waals surface area contributed by atoms with Crippen LogP contribution in [0.2, 0.25) is 0 Å². The maximum absolute atomic E-state index is 13.0. The number of fused-ring (bicyclic) bond motifs is 4. The van der Waals surface area contributed by atoms with Gasteiger partial charge in [-0.15, -0.1) is 40.9 Å². The second kappa shape index (κ2) is 36.1. The van der Waals surface area contributed by atoms with Gasteiger partial charge in [-0.3, -0.25) is 28.8 Å². The van der Waals surface area contributed by atoms with Crippen molar-refractivity contribution in [2.24, 2.45) is 52.4 Å². The molecule has 0 spiro atoms. The number of nitrogens with two attached hydrogens (primary N) is 2. The van der Waals surface area contributed by atoms with E-state index in [1.165, 1.54) is 24.6 Å². The number of phenols is 4. The predicted octanol–water partition coefficient (Wildman–Crippen LogP) is 19.5. The lowest BCUT2D eigenvalue weighted by atomic mass is 10.0. The summed E-state index contributed by atoms with van der Waals surface area (Å²) in [6, 6.07) is 62.3. The fourth-order valence-electron chi connectivity index (χ4n) is 11.6. The summed E-state index contributed by atoms with van der Waals surface area (Å²) in [5, 5.41) is 103. The van der Waals surface area contributed by atoms with Crippen LogP contribution in [0, 0.1) is 27.7 Å². The molecule has 0 aliphatic carbocycles. The third-order valence-corrected chi connectivity index (χ3v) is 18.3. The topological polar surface area (TPSA) is 499 Å². The summed E-state index contributed by atoms with van der Waals surface area (Å²) >= 11 is 0.975.